The van der Waals surface area contributed by atoms with Gasteiger partial charge in [-0.2, -0.15) is 5.10 Å². The van der Waals surface area contributed by atoms with Crippen molar-refractivity contribution in [3.05, 3.63) is 29.5 Å². The molecule has 0 fully saturated rings. The van der Waals surface area contributed by atoms with Crippen LogP contribution in [-0.2, 0) is 4.79 Å². The van der Waals surface area contributed by atoms with E-state index in [4.69, 9.17) is 0 Å². The molecule has 0 radical (unpaired) electrons. The van der Waals surface area contributed by atoms with E-state index < -0.39 is 6.04 Å². The molecule has 118 valence electrons. The number of rotatable bonds is 5. The van der Waals surface area contributed by atoms with Gasteiger partial charge in [-0.3, -0.25) is 14.7 Å². The van der Waals surface area contributed by atoms with E-state index in [1.165, 1.54) is 0 Å². The van der Waals surface area contributed by atoms with Crippen molar-refractivity contribution in [1.29, 1.82) is 0 Å². The second-order valence-electron chi connectivity index (χ2n) is 5.89. The molecule has 1 atom stereocenters. The van der Waals surface area contributed by atoms with Crippen LogP contribution in [0.15, 0.2) is 18.2 Å². The molecule has 1 aromatic carbocycles. The fourth-order valence-corrected chi connectivity index (χ4v) is 2.40. The van der Waals surface area contributed by atoms with Gasteiger partial charge < -0.3 is 10.6 Å². The zero-order valence-corrected chi connectivity index (χ0v) is 13.4. The number of aromatic amines is 1. The van der Waals surface area contributed by atoms with Gasteiger partial charge in [0.15, 0.2) is 5.69 Å². The van der Waals surface area contributed by atoms with Crippen LogP contribution in [0, 0.1) is 12.8 Å². The molecule has 6 nitrogen and oxygen atoms in total. The van der Waals surface area contributed by atoms with Crippen LogP contribution in [0.2, 0.25) is 0 Å². The molecule has 0 aliphatic heterocycles. The Morgan fingerprint density at radius 3 is 2.68 bits per heavy atom. The number of amides is 2. The summed E-state index contributed by atoms with van der Waals surface area (Å²) >= 11 is 0. The third-order valence-corrected chi connectivity index (χ3v) is 3.51. The molecule has 0 bridgehead atoms. The first-order valence-corrected chi connectivity index (χ1v) is 7.39. The lowest BCUT2D eigenvalue weighted by molar-refractivity contribution is -0.122. The molecule has 0 aliphatic carbocycles. The van der Waals surface area contributed by atoms with Gasteiger partial charge in [0.2, 0.25) is 5.91 Å². The number of hydrogen-bond donors (Lipinski definition) is 3. The van der Waals surface area contributed by atoms with Gasteiger partial charge in [-0.25, -0.2) is 0 Å². The maximum absolute atomic E-state index is 12.5. The summed E-state index contributed by atoms with van der Waals surface area (Å²) in [5, 5.41) is 13.1. The van der Waals surface area contributed by atoms with Crippen LogP contribution in [0.3, 0.4) is 0 Å². The van der Waals surface area contributed by atoms with Crippen molar-refractivity contribution in [3.8, 4) is 0 Å². The highest BCUT2D eigenvalue weighted by Crippen LogP contribution is 2.18. The average Bonchev–Trinajstić information content (AvgIpc) is 2.88. The quantitative estimate of drug-likeness (QED) is 0.786. The number of carbonyl (C=O) groups is 2. The molecule has 3 N–H and O–H groups in total. The maximum atomic E-state index is 12.5. The summed E-state index contributed by atoms with van der Waals surface area (Å²) in [6, 6.07) is 5.19. The van der Waals surface area contributed by atoms with Crippen molar-refractivity contribution in [2.45, 2.75) is 33.2 Å². The van der Waals surface area contributed by atoms with Crippen LogP contribution < -0.4 is 10.6 Å². The van der Waals surface area contributed by atoms with E-state index in [0.717, 1.165) is 16.5 Å². The van der Waals surface area contributed by atoms with Crippen LogP contribution in [0.1, 0.15) is 36.3 Å². The maximum Gasteiger partial charge on any atom is 0.273 e. The number of H-pyrrole nitrogens is 1. The fourth-order valence-electron chi connectivity index (χ4n) is 2.40. The predicted octanol–water partition coefficient (Wildman–Crippen LogP) is 1.76. The minimum Gasteiger partial charge on any atom is -0.357 e. The lowest BCUT2D eigenvalue weighted by Gasteiger charge is -2.18. The summed E-state index contributed by atoms with van der Waals surface area (Å²) in [5.74, 6) is -0.245. The molecule has 1 aromatic heterocycles. The zero-order chi connectivity index (χ0) is 16.3. The van der Waals surface area contributed by atoms with Gasteiger partial charge in [-0.1, -0.05) is 25.5 Å². The van der Waals surface area contributed by atoms with Crippen molar-refractivity contribution in [2.75, 3.05) is 7.05 Å². The second-order valence-corrected chi connectivity index (χ2v) is 5.89. The molecule has 0 spiro atoms. The third kappa shape index (κ3) is 3.44. The van der Waals surface area contributed by atoms with Crippen LogP contribution >= 0.6 is 0 Å². The molecule has 6 heteroatoms. The largest absolute Gasteiger partial charge is 0.357 e. The van der Waals surface area contributed by atoms with Gasteiger partial charge in [-0.15, -0.1) is 0 Å². The molecule has 1 unspecified atom stereocenters. The van der Waals surface area contributed by atoms with E-state index in [-0.39, 0.29) is 11.8 Å². The summed E-state index contributed by atoms with van der Waals surface area (Å²) in [5.41, 5.74) is 2.17. The Morgan fingerprint density at radius 1 is 1.32 bits per heavy atom. The van der Waals surface area contributed by atoms with Crippen molar-refractivity contribution in [2.24, 2.45) is 5.92 Å². The second kappa shape index (κ2) is 6.60. The molecule has 0 aliphatic rings. The van der Waals surface area contributed by atoms with Crippen molar-refractivity contribution in [3.63, 3.8) is 0 Å². The number of nitrogens with zero attached hydrogens (tertiary/aromatic N) is 1. The Morgan fingerprint density at radius 2 is 2.05 bits per heavy atom. The number of likely N-dealkylation sites (N-methyl/N-ethyl adjacent to an activating group) is 1. The van der Waals surface area contributed by atoms with Crippen LogP contribution in [0.25, 0.3) is 10.9 Å². The van der Waals surface area contributed by atoms with Gasteiger partial charge in [0.1, 0.15) is 6.04 Å². The molecular weight excluding hydrogens is 280 g/mol. The molecule has 2 rings (SSSR count). The Balaban J connectivity index is 2.25. The van der Waals surface area contributed by atoms with Crippen molar-refractivity contribution in [1.82, 2.24) is 20.8 Å². The molecule has 0 saturated heterocycles. The van der Waals surface area contributed by atoms with Crippen molar-refractivity contribution < 1.29 is 9.59 Å². The summed E-state index contributed by atoms with van der Waals surface area (Å²) < 4.78 is 0. The molecule has 2 amide bonds. The number of fused-ring (bicyclic) bond motifs is 1. The Kier molecular flexibility index (Phi) is 4.80. The van der Waals surface area contributed by atoms with Crippen molar-refractivity contribution >= 4 is 22.7 Å². The Bertz CT molecular complexity index is 691. The highest BCUT2D eigenvalue weighted by atomic mass is 16.2. The summed E-state index contributed by atoms with van der Waals surface area (Å²) in [7, 11) is 1.56. The fraction of sp³-hybridized carbons (Fsp3) is 0.438. The minimum absolute atomic E-state index is 0.196. The highest BCUT2D eigenvalue weighted by Gasteiger charge is 2.23. The normalized spacial score (nSPS) is 12.4. The van der Waals surface area contributed by atoms with E-state index >= 15 is 0 Å². The first-order valence-electron chi connectivity index (χ1n) is 7.39. The van der Waals surface area contributed by atoms with Crippen LogP contribution in [-0.4, -0.2) is 35.1 Å². The standard InChI is InChI=1S/C16H22N4O2/c1-9(2)7-13(15(21)17-4)18-16(22)14-11-8-10(3)5-6-12(11)19-20-14/h5-6,8-9,13H,7H2,1-4H3,(H,17,21)(H,18,22)(H,19,20). The Hall–Kier alpha value is -2.37. The smallest absolute Gasteiger partial charge is 0.273 e. The average molecular weight is 302 g/mol. The van der Waals surface area contributed by atoms with E-state index in [0.29, 0.717) is 18.0 Å². The lowest BCUT2D eigenvalue weighted by atomic mass is 10.0. The van der Waals surface area contributed by atoms with Gasteiger partial charge in [0.05, 0.1) is 5.52 Å². The number of nitrogens with one attached hydrogen (secondary N) is 3. The summed E-state index contributed by atoms with van der Waals surface area (Å²) in [6.07, 6.45) is 0.576. The zero-order valence-electron chi connectivity index (χ0n) is 13.4. The van der Waals surface area contributed by atoms with E-state index in [9.17, 15) is 9.59 Å². The SMILES string of the molecule is CNC(=O)C(CC(C)C)NC(=O)c1n[nH]c2ccc(C)cc12. The van der Waals surface area contributed by atoms with Gasteiger partial charge in [-0.05, 0) is 31.4 Å². The molecular formula is C16H22N4O2. The predicted molar refractivity (Wildman–Crippen MR) is 85.6 cm³/mol. The summed E-state index contributed by atoms with van der Waals surface area (Å²) in [4.78, 5) is 24.4. The van der Waals surface area contributed by atoms with Crippen LogP contribution in [0.5, 0.6) is 0 Å². The van der Waals surface area contributed by atoms with Crippen LogP contribution in [0.4, 0.5) is 0 Å². The minimum atomic E-state index is -0.561. The lowest BCUT2D eigenvalue weighted by Crippen LogP contribution is -2.46. The molecule has 1 heterocycles. The van der Waals surface area contributed by atoms with Gasteiger partial charge >= 0.3 is 0 Å². The first-order chi connectivity index (χ1) is 10.4. The number of aryl methyl sites for hydroxylation is 1. The molecule has 22 heavy (non-hydrogen) atoms. The number of benzene rings is 1. The molecule has 0 saturated carbocycles. The van der Waals surface area contributed by atoms with E-state index in [1.54, 1.807) is 7.05 Å². The molecule has 2 aromatic rings. The highest BCUT2D eigenvalue weighted by molar-refractivity contribution is 6.06. The van der Waals surface area contributed by atoms with E-state index in [1.807, 2.05) is 39.0 Å². The first kappa shape index (κ1) is 16.0. The monoisotopic (exact) mass is 302 g/mol. The van der Waals surface area contributed by atoms with Gasteiger partial charge in [0.25, 0.3) is 5.91 Å². The summed E-state index contributed by atoms with van der Waals surface area (Å²) in [6.45, 7) is 5.98. The Labute approximate surface area is 129 Å². The number of carbonyl (C=O) groups excluding carboxylic acids is 2. The number of hydrogen-bond acceptors (Lipinski definition) is 3. The number of aromatic nitrogens is 2. The van der Waals surface area contributed by atoms with E-state index in [2.05, 4.69) is 20.8 Å². The van der Waals surface area contributed by atoms with Gasteiger partial charge in [0, 0.05) is 12.4 Å². The third-order valence-electron chi connectivity index (χ3n) is 3.51. The topological polar surface area (TPSA) is 86.9 Å².